The van der Waals surface area contributed by atoms with Gasteiger partial charge in [0.25, 0.3) is 0 Å². The highest BCUT2D eigenvalue weighted by atomic mass is 16.7. The van der Waals surface area contributed by atoms with E-state index in [0.717, 1.165) is 89.9 Å². The summed E-state index contributed by atoms with van der Waals surface area (Å²) >= 11 is 0. The molecule has 0 aromatic rings. The molecule has 9 N–H and O–H groups in total. The third-order valence-electron chi connectivity index (χ3n) is 14.0. The van der Waals surface area contributed by atoms with Gasteiger partial charge in [-0.1, -0.05) is 202 Å². The van der Waals surface area contributed by atoms with E-state index in [0.29, 0.717) is 12.8 Å². The van der Waals surface area contributed by atoms with E-state index in [2.05, 4.69) is 92.1 Å². The second-order valence-corrected chi connectivity index (χ2v) is 20.7. The number of aliphatic hydroxyl groups excluding tert-OH is 8. The molecule has 438 valence electrons. The van der Waals surface area contributed by atoms with Crippen molar-refractivity contribution in [3.63, 3.8) is 0 Å². The summed E-state index contributed by atoms with van der Waals surface area (Å²) in [6.07, 6.45) is 46.2. The summed E-state index contributed by atoms with van der Waals surface area (Å²) in [5.41, 5.74) is 0. The van der Waals surface area contributed by atoms with Gasteiger partial charge in [0.15, 0.2) is 12.6 Å². The second-order valence-electron chi connectivity index (χ2n) is 20.7. The Kier molecular flexibility index (Phi) is 42.9. The molecule has 14 nitrogen and oxygen atoms in total. The molecule has 14 heteroatoms. The maximum absolute atomic E-state index is 13.2. The zero-order valence-corrected chi connectivity index (χ0v) is 47.0. The molecule has 2 fully saturated rings. The SMILES string of the molecule is CC/C=C\C/C=C\C/C=C\C/C=C\CCCCCCCCC(=O)NC(COC1OC(CO)C(OC2OC(CO)C(O)C(O)C2O)C(O)C1O)C(O)/C=C/CC/C=C/CC/C=C/CCCCCCCCCCCCCCC. The average Bonchev–Trinajstić information content (AvgIpc) is 3.42. The summed E-state index contributed by atoms with van der Waals surface area (Å²) in [5.74, 6) is -0.270. The van der Waals surface area contributed by atoms with Crippen molar-refractivity contribution in [3.8, 4) is 0 Å². The number of rotatable bonds is 46. The molecule has 0 bridgehead atoms. The molecule has 2 rings (SSSR count). The number of hydrogen-bond acceptors (Lipinski definition) is 13. The Balaban J connectivity index is 1.81. The Morgan fingerprint density at radius 1 is 0.487 bits per heavy atom. The Hall–Kier alpha value is -2.83. The summed E-state index contributed by atoms with van der Waals surface area (Å²) in [6, 6.07) is -0.951. The Bertz CT molecular complexity index is 1600. The first kappa shape index (κ1) is 69.3. The molecule has 2 aliphatic rings. The monoisotopic (exact) mass is 1070 g/mol. The van der Waals surface area contributed by atoms with Gasteiger partial charge in [-0.3, -0.25) is 4.79 Å². The van der Waals surface area contributed by atoms with Crippen LogP contribution in [0.4, 0.5) is 0 Å². The Morgan fingerprint density at radius 3 is 1.45 bits per heavy atom. The number of amides is 1. The van der Waals surface area contributed by atoms with Gasteiger partial charge in [-0.2, -0.15) is 0 Å². The minimum atomic E-state index is -1.80. The van der Waals surface area contributed by atoms with Gasteiger partial charge in [-0.15, -0.1) is 0 Å². The van der Waals surface area contributed by atoms with Crippen molar-refractivity contribution in [1.82, 2.24) is 5.32 Å². The molecule has 2 saturated heterocycles. The smallest absolute Gasteiger partial charge is 0.220 e. The maximum Gasteiger partial charge on any atom is 0.220 e. The predicted molar refractivity (Wildman–Crippen MR) is 304 cm³/mol. The molecule has 1 amide bonds. The van der Waals surface area contributed by atoms with Crippen molar-refractivity contribution >= 4 is 5.91 Å². The largest absolute Gasteiger partial charge is 0.394 e. The minimum Gasteiger partial charge on any atom is -0.394 e. The van der Waals surface area contributed by atoms with Crippen LogP contribution in [0.15, 0.2) is 85.1 Å². The zero-order valence-electron chi connectivity index (χ0n) is 47.0. The van der Waals surface area contributed by atoms with Gasteiger partial charge in [0, 0.05) is 6.42 Å². The highest BCUT2D eigenvalue weighted by molar-refractivity contribution is 5.76. The molecule has 0 aliphatic carbocycles. The fourth-order valence-corrected chi connectivity index (χ4v) is 9.25. The van der Waals surface area contributed by atoms with Crippen LogP contribution in [0, 0.1) is 0 Å². The third-order valence-corrected chi connectivity index (χ3v) is 14.0. The molecule has 12 unspecified atom stereocenters. The first-order valence-electron chi connectivity index (χ1n) is 29.8. The molecule has 2 aliphatic heterocycles. The van der Waals surface area contributed by atoms with Crippen LogP contribution >= 0.6 is 0 Å². The lowest BCUT2D eigenvalue weighted by Crippen LogP contribution is -2.65. The van der Waals surface area contributed by atoms with E-state index >= 15 is 0 Å². The lowest BCUT2D eigenvalue weighted by molar-refractivity contribution is -0.359. The van der Waals surface area contributed by atoms with Crippen LogP contribution in [0.5, 0.6) is 0 Å². The number of carbonyl (C=O) groups excluding carboxylic acids is 1. The van der Waals surface area contributed by atoms with Crippen LogP contribution in [-0.4, -0.2) is 140 Å². The highest BCUT2D eigenvalue weighted by Crippen LogP contribution is 2.30. The van der Waals surface area contributed by atoms with Crippen molar-refractivity contribution in [2.24, 2.45) is 0 Å². The summed E-state index contributed by atoms with van der Waals surface area (Å²) < 4.78 is 22.7. The molecule has 0 aromatic heterocycles. The normalized spacial score (nSPS) is 25.5. The Labute approximate surface area is 459 Å². The van der Waals surface area contributed by atoms with Crippen molar-refractivity contribution in [1.29, 1.82) is 0 Å². The number of aliphatic hydroxyl groups is 8. The van der Waals surface area contributed by atoms with Gasteiger partial charge in [0.1, 0.15) is 48.8 Å². The van der Waals surface area contributed by atoms with E-state index in [4.69, 9.17) is 18.9 Å². The van der Waals surface area contributed by atoms with Gasteiger partial charge < -0.3 is 65.1 Å². The number of ether oxygens (including phenoxy) is 4. The highest BCUT2D eigenvalue weighted by Gasteiger charge is 2.51. The maximum atomic E-state index is 13.2. The molecule has 12 atom stereocenters. The van der Waals surface area contributed by atoms with Crippen molar-refractivity contribution < 1.29 is 64.6 Å². The molecule has 76 heavy (non-hydrogen) atoms. The molecule has 2 heterocycles. The van der Waals surface area contributed by atoms with E-state index in [1.165, 1.54) is 83.5 Å². The number of nitrogens with one attached hydrogen (secondary N) is 1. The van der Waals surface area contributed by atoms with Crippen molar-refractivity contribution in [3.05, 3.63) is 85.1 Å². The molecular weight excluding hydrogens is 967 g/mol. The quantitative estimate of drug-likeness (QED) is 0.0205. The fraction of sp³-hybridized carbons (Fsp3) is 0.758. The minimum absolute atomic E-state index is 0.249. The summed E-state index contributed by atoms with van der Waals surface area (Å²) in [7, 11) is 0. The van der Waals surface area contributed by atoms with Crippen LogP contribution in [0.2, 0.25) is 0 Å². The van der Waals surface area contributed by atoms with Crippen LogP contribution in [0.3, 0.4) is 0 Å². The zero-order chi connectivity index (χ0) is 55.3. The van der Waals surface area contributed by atoms with E-state index in [1.54, 1.807) is 6.08 Å². The fourth-order valence-electron chi connectivity index (χ4n) is 9.25. The number of allylic oxidation sites excluding steroid dienone is 13. The van der Waals surface area contributed by atoms with Crippen LogP contribution in [0.25, 0.3) is 0 Å². The standard InChI is InChI=1S/C62H107NO13/c1-3-5-7-9-11-13-15-17-19-21-23-24-25-26-28-29-31-33-35-37-39-41-43-45-51(66)50(63-54(67)46-44-42-40-38-36-34-32-30-27-22-20-18-16-14-12-10-8-6-4-2)49-73-61-59(72)57(70)60(53(48-65)75-61)76-62-58(71)56(69)55(68)52(47-64)74-62/h6,8,12,14,18,20,27-30,35,37,43,45,50-53,55-62,64-66,68-72H,3-5,7,9-11,13,15-17,19,21-26,31-34,36,38-42,44,46-49H2,1-2H3,(H,63,67)/b8-6-,14-12-,20-18-,29-28+,30-27-,37-35+,45-43+. The first-order valence-corrected chi connectivity index (χ1v) is 29.8. The molecular formula is C62H107NO13. The Morgan fingerprint density at radius 2 is 0.921 bits per heavy atom. The molecule has 0 aromatic carbocycles. The van der Waals surface area contributed by atoms with Crippen molar-refractivity contribution in [2.75, 3.05) is 19.8 Å². The van der Waals surface area contributed by atoms with Gasteiger partial charge >= 0.3 is 0 Å². The van der Waals surface area contributed by atoms with E-state index in [-0.39, 0.29) is 18.9 Å². The van der Waals surface area contributed by atoms with Crippen LogP contribution in [0.1, 0.15) is 206 Å². The van der Waals surface area contributed by atoms with E-state index in [9.17, 15) is 45.6 Å². The number of hydrogen-bond donors (Lipinski definition) is 9. The van der Waals surface area contributed by atoms with Crippen molar-refractivity contribution in [2.45, 2.75) is 280 Å². The van der Waals surface area contributed by atoms with Gasteiger partial charge in [-0.25, -0.2) is 0 Å². The van der Waals surface area contributed by atoms with Gasteiger partial charge in [0.2, 0.25) is 5.91 Å². The third kappa shape index (κ3) is 32.3. The van der Waals surface area contributed by atoms with E-state index in [1.807, 2.05) is 6.08 Å². The molecule has 0 radical (unpaired) electrons. The van der Waals surface area contributed by atoms with Crippen LogP contribution < -0.4 is 5.32 Å². The van der Waals surface area contributed by atoms with Gasteiger partial charge in [0.05, 0.1) is 32.0 Å². The number of unbranched alkanes of at least 4 members (excludes halogenated alkanes) is 21. The summed E-state index contributed by atoms with van der Waals surface area (Å²) in [4.78, 5) is 13.2. The lowest BCUT2D eigenvalue weighted by atomic mass is 9.97. The second kappa shape index (κ2) is 47.0. The van der Waals surface area contributed by atoms with E-state index < -0.39 is 86.8 Å². The number of carbonyl (C=O) groups is 1. The van der Waals surface area contributed by atoms with Crippen LogP contribution in [-0.2, 0) is 23.7 Å². The molecule has 0 spiro atoms. The first-order chi connectivity index (χ1) is 37.1. The summed E-state index contributed by atoms with van der Waals surface area (Å²) in [5, 5.41) is 87.1. The topological polar surface area (TPSA) is 228 Å². The predicted octanol–water partition coefficient (Wildman–Crippen LogP) is 10.1. The molecule has 0 saturated carbocycles. The van der Waals surface area contributed by atoms with Gasteiger partial charge in [-0.05, 0) is 83.5 Å². The average molecular weight is 1070 g/mol. The lowest BCUT2D eigenvalue weighted by Gasteiger charge is -2.46. The summed E-state index contributed by atoms with van der Waals surface area (Å²) in [6.45, 7) is 2.64.